The molecule has 5 heteroatoms. The standard InChI is InChI=1S/C8H6NO2S.Na/c9-6-7-12(10,11)8-4-2-1-3-5-8;/h1-5,7H;/q-1;+1. The van der Waals surface area contributed by atoms with Crippen LogP contribution in [0.15, 0.2) is 35.2 Å². The molecule has 1 rings (SSSR count). The van der Waals surface area contributed by atoms with E-state index in [4.69, 9.17) is 5.26 Å². The molecule has 0 saturated heterocycles. The van der Waals surface area contributed by atoms with E-state index in [9.17, 15) is 8.42 Å². The van der Waals surface area contributed by atoms with Gasteiger partial charge in [-0.2, -0.15) is 5.75 Å². The number of hydrogen-bond donors (Lipinski definition) is 0. The maximum absolute atomic E-state index is 11.2. The summed E-state index contributed by atoms with van der Waals surface area (Å²) in [6, 6.07) is 9.32. The summed E-state index contributed by atoms with van der Waals surface area (Å²) in [4.78, 5) is 0.145. The van der Waals surface area contributed by atoms with Crippen molar-refractivity contribution in [2.24, 2.45) is 0 Å². The molecule has 0 unspecified atom stereocenters. The van der Waals surface area contributed by atoms with Gasteiger partial charge in [-0.15, -0.1) is 0 Å². The third-order valence-corrected chi connectivity index (χ3v) is 2.62. The SMILES string of the molecule is N#C[CH-]S(=O)(=O)c1ccccc1.[Na+]. The van der Waals surface area contributed by atoms with E-state index in [2.05, 4.69) is 0 Å². The van der Waals surface area contributed by atoms with Gasteiger partial charge in [-0.3, -0.25) is 8.42 Å². The Kier molecular flexibility index (Phi) is 5.11. The quantitative estimate of drug-likeness (QED) is 0.419. The summed E-state index contributed by atoms with van der Waals surface area (Å²) >= 11 is 0. The zero-order valence-electron chi connectivity index (χ0n) is 7.14. The molecule has 0 heterocycles. The molecule has 1 aromatic carbocycles. The Morgan fingerprint density at radius 3 is 2.23 bits per heavy atom. The Bertz CT molecular complexity index is 394. The topological polar surface area (TPSA) is 57.9 Å². The van der Waals surface area contributed by atoms with E-state index in [0.717, 1.165) is 0 Å². The normalized spacial score (nSPS) is 9.46. The fourth-order valence-electron chi connectivity index (χ4n) is 0.748. The Labute approximate surface area is 99.6 Å². The van der Waals surface area contributed by atoms with Gasteiger partial charge in [0.1, 0.15) is 0 Å². The predicted molar refractivity (Wildman–Crippen MR) is 43.5 cm³/mol. The molecule has 1 aromatic rings. The monoisotopic (exact) mass is 203 g/mol. The number of benzene rings is 1. The fraction of sp³-hybridized carbons (Fsp3) is 0. The van der Waals surface area contributed by atoms with Crippen molar-refractivity contribution in [3.63, 3.8) is 0 Å². The zero-order chi connectivity index (χ0) is 9.03. The van der Waals surface area contributed by atoms with Crippen molar-refractivity contribution < 1.29 is 38.0 Å². The second-order valence-electron chi connectivity index (χ2n) is 2.11. The van der Waals surface area contributed by atoms with E-state index in [1.807, 2.05) is 0 Å². The Morgan fingerprint density at radius 2 is 1.77 bits per heavy atom. The molecule has 13 heavy (non-hydrogen) atoms. The van der Waals surface area contributed by atoms with Crippen molar-refractivity contribution in [1.29, 1.82) is 5.26 Å². The van der Waals surface area contributed by atoms with E-state index < -0.39 is 9.84 Å². The van der Waals surface area contributed by atoms with E-state index in [1.165, 1.54) is 18.2 Å². The number of hydrogen-bond acceptors (Lipinski definition) is 3. The Balaban J connectivity index is 0.00000144. The summed E-state index contributed by atoms with van der Waals surface area (Å²) in [6.07, 6.45) is 0. The maximum Gasteiger partial charge on any atom is 1.00 e. The van der Waals surface area contributed by atoms with Gasteiger partial charge in [-0.1, -0.05) is 24.3 Å². The van der Waals surface area contributed by atoms with Gasteiger partial charge in [0.2, 0.25) is 0 Å². The number of rotatable bonds is 2. The van der Waals surface area contributed by atoms with Crippen LogP contribution in [-0.4, -0.2) is 8.42 Å². The van der Waals surface area contributed by atoms with Crippen LogP contribution in [0, 0.1) is 17.1 Å². The van der Waals surface area contributed by atoms with Crippen LogP contribution in [0.5, 0.6) is 0 Å². The molecule has 0 aromatic heterocycles. The van der Waals surface area contributed by atoms with Gasteiger partial charge >= 0.3 is 29.6 Å². The molecule has 0 fully saturated rings. The zero-order valence-corrected chi connectivity index (χ0v) is 9.95. The fourth-order valence-corrected chi connectivity index (χ4v) is 1.56. The van der Waals surface area contributed by atoms with Gasteiger partial charge in [0, 0.05) is 4.90 Å². The van der Waals surface area contributed by atoms with E-state index in [0.29, 0.717) is 5.75 Å². The third-order valence-electron chi connectivity index (χ3n) is 1.28. The van der Waals surface area contributed by atoms with E-state index >= 15 is 0 Å². The molecule has 0 aliphatic carbocycles. The number of sulfone groups is 1. The summed E-state index contributed by atoms with van der Waals surface area (Å²) in [5, 5.41) is 8.18. The van der Waals surface area contributed by atoms with Crippen LogP contribution in [-0.2, 0) is 9.84 Å². The van der Waals surface area contributed by atoms with Crippen molar-refractivity contribution in [3.8, 4) is 6.07 Å². The van der Waals surface area contributed by atoms with Gasteiger partial charge in [-0.05, 0) is 12.1 Å². The molecule has 3 nitrogen and oxygen atoms in total. The van der Waals surface area contributed by atoms with Crippen LogP contribution < -0.4 is 29.6 Å². The second kappa shape index (κ2) is 5.30. The molecular weight excluding hydrogens is 197 g/mol. The smallest absolute Gasteiger partial charge is 0.253 e. The van der Waals surface area contributed by atoms with Crippen LogP contribution in [0.3, 0.4) is 0 Å². The first-order valence-corrected chi connectivity index (χ1v) is 4.74. The molecule has 0 radical (unpaired) electrons. The molecule has 0 spiro atoms. The van der Waals surface area contributed by atoms with Crippen LogP contribution in [0.4, 0.5) is 0 Å². The number of nitriles is 1. The molecule has 0 aliphatic rings. The minimum absolute atomic E-state index is 0. The average molecular weight is 203 g/mol. The van der Waals surface area contributed by atoms with Crippen molar-refractivity contribution in [2.45, 2.75) is 4.90 Å². The molecular formula is C8H6NNaO2S. The predicted octanol–water partition coefficient (Wildman–Crippen LogP) is -1.85. The second-order valence-corrected chi connectivity index (χ2v) is 3.90. The van der Waals surface area contributed by atoms with Crippen LogP contribution in [0.25, 0.3) is 0 Å². The van der Waals surface area contributed by atoms with Crippen molar-refractivity contribution in [1.82, 2.24) is 0 Å². The van der Waals surface area contributed by atoms with E-state index in [-0.39, 0.29) is 34.5 Å². The maximum atomic E-state index is 11.2. The third kappa shape index (κ3) is 3.41. The van der Waals surface area contributed by atoms with Crippen molar-refractivity contribution in [2.75, 3.05) is 0 Å². The molecule has 0 atom stereocenters. The Morgan fingerprint density at radius 1 is 1.23 bits per heavy atom. The first-order chi connectivity index (χ1) is 5.67. The van der Waals surface area contributed by atoms with Gasteiger partial charge in [0.15, 0.2) is 0 Å². The summed E-state index contributed by atoms with van der Waals surface area (Å²) in [5.41, 5.74) is 0. The van der Waals surface area contributed by atoms with Crippen LogP contribution >= 0.6 is 0 Å². The van der Waals surface area contributed by atoms with Crippen LogP contribution in [0.2, 0.25) is 0 Å². The molecule has 0 aliphatic heterocycles. The minimum Gasteiger partial charge on any atom is -0.253 e. The number of nitrogens with zero attached hydrogens (tertiary/aromatic N) is 1. The Hall–Kier alpha value is -0.470. The first kappa shape index (κ1) is 12.5. The van der Waals surface area contributed by atoms with Crippen LogP contribution in [0.1, 0.15) is 0 Å². The minimum atomic E-state index is -3.50. The molecule has 0 N–H and O–H groups in total. The summed E-state index contributed by atoms with van der Waals surface area (Å²) in [6.45, 7) is 0. The van der Waals surface area contributed by atoms with Gasteiger partial charge in [0.25, 0.3) is 0 Å². The largest absolute Gasteiger partial charge is 1.00 e. The summed E-state index contributed by atoms with van der Waals surface area (Å²) in [5.74, 6) is 0.627. The molecule has 0 saturated carbocycles. The van der Waals surface area contributed by atoms with Gasteiger partial charge in [-0.25, -0.2) is 5.26 Å². The van der Waals surface area contributed by atoms with Gasteiger partial charge in [0.05, 0.1) is 9.84 Å². The summed E-state index contributed by atoms with van der Waals surface area (Å²) in [7, 11) is -3.50. The summed E-state index contributed by atoms with van der Waals surface area (Å²) < 4.78 is 22.3. The first-order valence-electron chi connectivity index (χ1n) is 3.20. The molecule has 62 valence electrons. The molecule has 0 amide bonds. The molecule has 0 bridgehead atoms. The van der Waals surface area contributed by atoms with E-state index in [1.54, 1.807) is 18.2 Å². The van der Waals surface area contributed by atoms with Crippen molar-refractivity contribution >= 4 is 9.84 Å². The van der Waals surface area contributed by atoms with Crippen molar-refractivity contribution in [3.05, 3.63) is 36.1 Å². The van der Waals surface area contributed by atoms with Gasteiger partial charge < -0.3 is 0 Å². The average Bonchev–Trinajstić information content (AvgIpc) is 2.06.